The smallest absolute Gasteiger partial charge is 0.306 e. The minimum absolute atomic E-state index is 0.170. The lowest BCUT2D eigenvalue weighted by Crippen LogP contribution is -2.21. The first-order valence-corrected chi connectivity index (χ1v) is 6.13. The van der Waals surface area contributed by atoms with Crippen molar-refractivity contribution in [2.75, 3.05) is 0 Å². The van der Waals surface area contributed by atoms with Gasteiger partial charge in [-0.1, -0.05) is 18.1 Å². The van der Waals surface area contributed by atoms with E-state index < -0.39 is 5.97 Å². The molecule has 3 aliphatic rings. The summed E-state index contributed by atoms with van der Waals surface area (Å²) in [5, 5.41) is 9.11. The molecule has 2 saturated carbocycles. The minimum atomic E-state index is -0.614. The summed E-state index contributed by atoms with van der Waals surface area (Å²) in [5.41, 5.74) is 3.22. The average molecular weight is 206 g/mol. The van der Waals surface area contributed by atoms with Crippen molar-refractivity contribution in [1.29, 1.82) is 0 Å². The number of fused-ring (bicyclic) bond motifs is 4. The summed E-state index contributed by atoms with van der Waals surface area (Å²) >= 11 is 0. The number of hydrogen-bond donors (Lipinski definition) is 1. The van der Waals surface area contributed by atoms with Crippen LogP contribution >= 0.6 is 0 Å². The molecule has 2 fully saturated rings. The van der Waals surface area contributed by atoms with Crippen LogP contribution in [0.3, 0.4) is 0 Å². The largest absolute Gasteiger partial charge is 0.481 e. The molecule has 0 spiro atoms. The molecular formula is C13H18O2. The maximum Gasteiger partial charge on any atom is 0.306 e. The first kappa shape index (κ1) is 9.44. The quantitative estimate of drug-likeness (QED) is 0.705. The zero-order valence-corrected chi connectivity index (χ0v) is 9.20. The molecule has 0 aromatic rings. The first-order chi connectivity index (χ1) is 7.18. The van der Waals surface area contributed by atoms with Gasteiger partial charge in [-0.05, 0) is 49.9 Å². The molecule has 4 atom stereocenters. The van der Waals surface area contributed by atoms with Crippen LogP contribution in [0.2, 0.25) is 0 Å². The van der Waals surface area contributed by atoms with Crippen molar-refractivity contribution in [3.8, 4) is 0 Å². The number of allylic oxidation sites excluding steroid dienone is 2. The third-order valence-electron chi connectivity index (χ3n) is 4.88. The zero-order chi connectivity index (χ0) is 10.6. The molecule has 4 unspecified atom stereocenters. The molecule has 15 heavy (non-hydrogen) atoms. The average Bonchev–Trinajstić information content (AvgIpc) is 2.88. The van der Waals surface area contributed by atoms with E-state index >= 15 is 0 Å². The number of hydrogen-bond acceptors (Lipinski definition) is 1. The lowest BCUT2D eigenvalue weighted by atomic mass is 9.82. The molecule has 2 bridgehead atoms. The molecule has 2 heteroatoms. The Balaban J connectivity index is 1.91. The second-order valence-corrected chi connectivity index (χ2v) is 5.48. The van der Waals surface area contributed by atoms with Gasteiger partial charge in [-0.3, -0.25) is 4.79 Å². The molecule has 0 aromatic carbocycles. The van der Waals surface area contributed by atoms with Crippen LogP contribution in [0.15, 0.2) is 11.1 Å². The van der Waals surface area contributed by atoms with Crippen molar-refractivity contribution in [2.24, 2.45) is 23.7 Å². The Labute approximate surface area is 90.4 Å². The molecule has 0 amide bonds. The molecule has 3 rings (SSSR count). The van der Waals surface area contributed by atoms with Crippen molar-refractivity contribution in [3.05, 3.63) is 11.1 Å². The fourth-order valence-electron chi connectivity index (χ4n) is 4.14. The van der Waals surface area contributed by atoms with Crippen LogP contribution in [-0.2, 0) is 4.79 Å². The summed E-state index contributed by atoms with van der Waals surface area (Å²) < 4.78 is 0. The van der Waals surface area contributed by atoms with Crippen LogP contribution in [0.4, 0.5) is 0 Å². The maximum atomic E-state index is 11.1. The van der Waals surface area contributed by atoms with E-state index in [0.717, 1.165) is 18.3 Å². The standard InChI is InChI=1S/C13H18O2/c1-7(13(14)15)10-4-5-11-8-2-3-9(6-8)12(10)11/h7-8,10-11H,2-6H2,1H3,(H,14,15). The van der Waals surface area contributed by atoms with Gasteiger partial charge in [0.25, 0.3) is 0 Å². The maximum absolute atomic E-state index is 11.1. The summed E-state index contributed by atoms with van der Waals surface area (Å²) in [6, 6.07) is 0. The van der Waals surface area contributed by atoms with Gasteiger partial charge in [0.1, 0.15) is 0 Å². The van der Waals surface area contributed by atoms with Crippen molar-refractivity contribution >= 4 is 5.97 Å². The van der Waals surface area contributed by atoms with Gasteiger partial charge >= 0.3 is 5.97 Å². The summed E-state index contributed by atoms with van der Waals surface area (Å²) in [4.78, 5) is 11.1. The zero-order valence-electron chi connectivity index (χ0n) is 9.20. The summed E-state index contributed by atoms with van der Waals surface area (Å²) in [7, 11) is 0. The Kier molecular flexibility index (Phi) is 1.95. The molecule has 0 aromatic heterocycles. The topological polar surface area (TPSA) is 37.3 Å². The molecule has 82 valence electrons. The second-order valence-electron chi connectivity index (χ2n) is 5.48. The van der Waals surface area contributed by atoms with E-state index in [1.165, 1.54) is 25.7 Å². The van der Waals surface area contributed by atoms with E-state index in [-0.39, 0.29) is 5.92 Å². The highest BCUT2D eigenvalue weighted by Gasteiger charge is 2.47. The molecule has 0 radical (unpaired) electrons. The molecule has 2 nitrogen and oxygen atoms in total. The predicted octanol–water partition coefficient (Wildman–Crippen LogP) is 2.84. The van der Waals surface area contributed by atoms with Gasteiger partial charge in [0.2, 0.25) is 0 Å². The van der Waals surface area contributed by atoms with E-state index in [1.54, 1.807) is 11.1 Å². The van der Waals surface area contributed by atoms with Gasteiger partial charge in [-0.15, -0.1) is 0 Å². The van der Waals surface area contributed by atoms with Crippen LogP contribution in [0.25, 0.3) is 0 Å². The second kappa shape index (κ2) is 3.10. The van der Waals surface area contributed by atoms with E-state index in [1.807, 2.05) is 6.92 Å². The van der Waals surface area contributed by atoms with Crippen LogP contribution in [0, 0.1) is 23.7 Å². The normalized spacial score (nSPS) is 39.7. The Hall–Kier alpha value is -0.790. The van der Waals surface area contributed by atoms with Gasteiger partial charge in [-0.25, -0.2) is 0 Å². The molecule has 0 saturated heterocycles. The lowest BCUT2D eigenvalue weighted by Gasteiger charge is -2.22. The van der Waals surface area contributed by atoms with Crippen molar-refractivity contribution < 1.29 is 9.90 Å². The fraction of sp³-hybridized carbons (Fsp3) is 0.769. The van der Waals surface area contributed by atoms with Crippen LogP contribution < -0.4 is 0 Å². The van der Waals surface area contributed by atoms with E-state index in [9.17, 15) is 4.79 Å². The van der Waals surface area contributed by atoms with E-state index in [4.69, 9.17) is 5.11 Å². The van der Waals surface area contributed by atoms with Gasteiger partial charge in [0.05, 0.1) is 5.92 Å². The molecule has 1 N–H and O–H groups in total. The SMILES string of the molecule is CC(C(=O)O)C1CCC2C1=C1CCC2C1. The monoisotopic (exact) mass is 206 g/mol. The summed E-state index contributed by atoms with van der Waals surface area (Å²) in [6.07, 6.45) is 6.30. The number of rotatable bonds is 2. The number of carboxylic acids is 1. The molecular weight excluding hydrogens is 188 g/mol. The van der Waals surface area contributed by atoms with Crippen molar-refractivity contribution in [3.63, 3.8) is 0 Å². The Bertz CT molecular complexity index is 342. The third kappa shape index (κ3) is 1.20. The van der Waals surface area contributed by atoms with Crippen LogP contribution in [-0.4, -0.2) is 11.1 Å². The number of carbonyl (C=O) groups is 1. The van der Waals surface area contributed by atoms with Gasteiger partial charge in [0, 0.05) is 0 Å². The van der Waals surface area contributed by atoms with Crippen molar-refractivity contribution in [1.82, 2.24) is 0 Å². The predicted molar refractivity (Wildman–Crippen MR) is 57.4 cm³/mol. The van der Waals surface area contributed by atoms with Gasteiger partial charge in [0.15, 0.2) is 0 Å². The fourth-order valence-corrected chi connectivity index (χ4v) is 4.14. The lowest BCUT2D eigenvalue weighted by molar-refractivity contribution is -0.142. The van der Waals surface area contributed by atoms with Gasteiger partial charge < -0.3 is 5.11 Å². The highest BCUT2D eigenvalue weighted by Crippen LogP contribution is 2.58. The number of aliphatic carboxylic acids is 1. The highest BCUT2D eigenvalue weighted by molar-refractivity contribution is 5.70. The van der Waals surface area contributed by atoms with Crippen LogP contribution in [0.5, 0.6) is 0 Å². The van der Waals surface area contributed by atoms with E-state index in [0.29, 0.717) is 5.92 Å². The van der Waals surface area contributed by atoms with Crippen molar-refractivity contribution in [2.45, 2.75) is 39.0 Å². The third-order valence-corrected chi connectivity index (χ3v) is 4.88. The highest BCUT2D eigenvalue weighted by atomic mass is 16.4. The minimum Gasteiger partial charge on any atom is -0.481 e. The number of carboxylic acid groups (broad SMARTS) is 1. The molecule has 3 aliphatic carbocycles. The van der Waals surface area contributed by atoms with Gasteiger partial charge in [-0.2, -0.15) is 0 Å². The van der Waals surface area contributed by atoms with E-state index in [2.05, 4.69) is 0 Å². The Morgan fingerprint density at radius 1 is 1.40 bits per heavy atom. The Morgan fingerprint density at radius 2 is 2.20 bits per heavy atom. The summed E-state index contributed by atoms with van der Waals surface area (Å²) in [5.74, 6) is 1.25. The molecule has 0 heterocycles. The Morgan fingerprint density at radius 3 is 2.93 bits per heavy atom. The molecule has 0 aliphatic heterocycles. The summed E-state index contributed by atoms with van der Waals surface area (Å²) in [6.45, 7) is 1.88. The van der Waals surface area contributed by atoms with Crippen LogP contribution in [0.1, 0.15) is 39.0 Å². The first-order valence-electron chi connectivity index (χ1n) is 6.13.